The Bertz CT molecular complexity index is 913. The number of carbonyl (C=O) groups excluding carboxylic acids is 1. The summed E-state index contributed by atoms with van der Waals surface area (Å²) in [7, 11) is 0. The number of amides is 1. The van der Waals surface area contributed by atoms with E-state index in [-0.39, 0.29) is 11.9 Å². The Labute approximate surface area is 145 Å². The molecule has 2 N–H and O–H groups in total. The lowest BCUT2D eigenvalue weighted by Gasteiger charge is -2.23. The molecule has 0 unspecified atom stereocenters. The summed E-state index contributed by atoms with van der Waals surface area (Å²) in [4.78, 5) is 16.8. The van der Waals surface area contributed by atoms with Crippen LogP contribution in [0.1, 0.15) is 29.0 Å². The van der Waals surface area contributed by atoms with Crippen LogP contribution >= 0.6 is 0 Å². The van der Waals surface area contributed by atoms with Gasteiger partial charge in [0.05, 0.1) is 16.9 Å². The van der Waals surface area contributed by atoms with Crippen LogP contribution < -0.4 is 10.6 Å². The lowest BCUT2D eigenvalue weighted by atomic mass is 10.1. The molecular weight excluding hydrogens is 316 g/mol. The smallest absolute Gasteiger partial charge is 0.274 e. The first-order valence-corrected chi connectivity index (χ1v) is 8.51. The predicted molar refractivity (Wildman–Crippen MR) is 94.8 cm³/mol. The van der Waals surface area contributed by atoms with Crippen LogP contribution in [0.25, 0.3) is 16.6 Å². The van der Waals surface area contributed by atoms with Gasteiger partial charge in [-0.25, -0.2) is 4.68 Å². The van der Waals surface area contributed by atoms with Crippen molar-refractivity contribution in [2.45, 2.75) is 25.8 Å². The van der Waals surface area contributed by atoms with Crippen molar-refractivity contribution in [1.82, 2.24) is 30.6 Å². The maximum absolute atomic E-state index is 12.5. The molecule has 4 rings (SSSR count). The normalized spacial score (nSPS) is 17.6. The Balaban J connectivity index is 1.60. The predicted octanol–water partition coefficient (Wildman–Crippen LogP) is 1.61. The molecule has 0 aliphatic carbocycles. The fourth-order valence-corrected chi connectivity index (χ4v) is 3.21. The SMILES string of the molecule is Cc1c(C(=O)N[C@H]2CCCNC2)nnn1-c1ccc2ncccc2c1. The molecule has 25 heavy (non-hydrogen) atoms. The van der Waals surface area contributed by atoms with Crippen LogP contribution in [0.15, 0.2) is 36.5 Å². The molecular formula is C18H20N6O. The van der Waals surface area contributed by atoms with E-state index in [0.29, 0.717) is 5.69 Å². The summed E-state index contributed by atoms with van der Waals surface area (Å²) in [5, 5.41) is 15.6. The van der Waals surface area contributed by atoms with E-state index in [1.54, 1.807) is 10.9 Å². The van der Waals surface area contributed by atoms with E-state index in [9.17, 15) is 4.79 Å². The minimum absolute atomic E-state index is 0.151. The Kier molecular flexibility index (Phi) is 4.15. The van der Waals surface area contributed by atoms with Gasteiger partial charge in [0.1, 0.15) is 0 Å². The number of pyridine rings is 1. The summed E-state index contributed by atoms with van der Waals surface area (Å²) in [6, 6.07) is 9.93. The Hall–Kier alpha value is -2.80. The molecule has 7 heteroatoms. The fourth-order valence-electron chi connectivity index (χ4n) is 3.21. The molecule has 1 fully saturated rings. The van der Waals surface area contributed by atoms with Gasteiger partial charge in [-0.15, -0.1) is 5.10 Å². The van der Waals surface area contributed by atoms with E-state index in [2.05, 4.69) is 25.9 Å². The first-order chi connectivity index (χ1) is 12.2. The lowest BCUT2D eigenvalue weighted by molar-refractivity contribution is 0.0925. The molecule has 1 aliphatic rings. The number of nitrogens with one attached hydrogen (secondary N) is 2. The molecule has 3 heterocycles. The zero-order chi connectivity index (χ0) is 17.2. The second-order valence-corrected chi connectivity index (χ2v) is 6.33. The molecule has 1 amide bonds. The van der Waals surface area contributed by atoms with Crippen molar-refractivity contribution < 1.29 is 4.79 Å². The Morgan fingerprint density at radius 2 is 2.28 bits per heavy atom. The number of nitrogens with zero attached hydrogens (tertiary/aromatic N) is 4. The maximum atomic E-state index is 12.5. The lowest BCUT2D eigenvalue weighted by Crippen LogP contribution is -2.45. The van der Waals surface area contributed by atoms with Crippen molar-refractivity contribution in [3.8, 4) is 5.69 Å². The van der Waals surface area contributed by atoms with Gasteiger partial charge in [0.25, 0.3) is 5.91 Å². The van der Waals surface area contributed by atoms with Crippen LogP contribution in [0.4, 0.5) is 0 Å². The van der Waals surface area contributed by atoms with Gasteiger partial charge in [-0.2, -0.15) is 0 Å². The molecule has 1 saturated heterocycles. The van der Waals surface area contributed by atoms with Gasteiger partial charge in [-0.3, -0.25) is 9.78 Å². The second kappa shape index (κ2) is 6.60. The van der Waals surface area contributed by atoms with Crippen molar-refractivity contribution in [3.63, 3.8) is 0 Å². The number of hydrogen-bond donors (Lipinski definition) is 2. The van der Waals surface area contributed by atoms with Gasteiger partial charge in [-0.1, -0.05) is 11.3 Å². The number of benzene rings is 1. The van der Waals surface area contributed by atoms with Gasteiger partial charge in [0.2, 0.25) is 0 Å². The minimum Gasteiger partial charge on any atom is -0.347 e. The number of carbonyl (C=O) groups is 1. The van der Waals surface area contributed by atoms with Crippen LogP contribution in [-0.2, 0) is 0 Å². The van der Waals surface area contributed by atoms with Gasteiger partial charge in [-0.05, 0) is 50.6 Å². The van der Waals surface area contributed by atoms with E-state index >= 15 is 0 Å². The molecule has 128 valence electrons. The summed E-state index contributed by atoms with van der Waals surface area (Å²) in [5.74, 6) is -0.167. The van der Waals surface area contributed by atoms with E-state index in [1.165, 1.54) is 0 Å². The van der Waals surface area contributed by atoms with Crippen molar-refractivity contribution >= 4 is 16.8 Å². The zero-order valence-corrected chi connectivity index (χ0v) is 14.1. The van der Waals surface area contributed by atoms with E-state index in [0.717, 1.165) is 48.2 Å². The van der Waals surface area contributed by atoms with Crippen molar-refractivity contribution in [2.24, 2.45) is 0 Å². The van der Waals surface area contributed by atoms with Crippen LogP contribution in [-0.4, -0.2) is 45.0 Å². The number of rotatable bonds is 3. The zero-order valence-electron chi connectivity index (χ0n) is 14.1. The van der Waals surface area contributed by atoms with Crippen LogP contribution in [0, 0.1) is 6.92 Å². The fraction of sp³-hybridized carbons (Fsp3) is 0.333. The van der Waals surface area contributed by atoms with Gasteiger partial charge in [0, 0.05) is 24.2 Å². The first kappa shape index (κ1) is 15.7. The molecule has 3 aromatic rings. The summed E-state index contributed by atoms with van der Waals surface area (Å²) >= 11 is 0. The van der Waals surface area contributed by atoms with Crippen LogP contribution in [0.5, 0.6) is 0 Å². The van der Waals surface area contributed by atoms with Crippen molar-refractivity contribution in [2.75, 3.05) is 13.1 Å². The molecule has 1 aliphatic heterocycles. The van der Waals surface area contributed by atoms with Gasteiger partial charge < -0.3 is 10.6 Å². The molecule has 0 saturated carbocycles. The summed E-state index contributed by atoms with van der Waals surface area (Å²) in [6.45, 7) is 3.68. The summed E-state index contributed by atoms with van der Waals surface area (Å²) in [5.41, 5.74) is 2.89. The third-order valence-electron chi connectivity index (χ3n) is 4.57. The first-order valence-electron chi connectivity index (χ1n) is 8.51. The Morgan fingerprint density at radius 1 is 1.36 bits per heavy atom. The number of piperidine rings is 1. The quantitative estimate of drug-likeness (QED) is 0.759. The Morgan fingerprint density at radius 3 is 3.12 bits per heavy atom. The highest BCUT2D eigenvalue weighted by Crippen LogP contribution is 2.18. The largest absolute Gasteiger partial charge is 0.347 e. The minimum atomic E-state index is -0.167. The molecule has 7 nitrogen and oxygen atoms in total. The summed E-state index contributed by atoms with van der Waals surface area (Å²) < 4.78 is 1.69. The molecule has 0 radical (unpaired) electrons. The van der Waals surface area contributed by atoms with Crippen molar-refractivity contribution in [1.29, 1.82) is 0 Å². The topological polar surface area (TPSA) is 84.7 Å². The maximum Gasteiger partial charge on any atom is 0.274 e. The average molecular weight is 336 g/mol. The highest BCUT2D eigenvalue weighted by atomic mass is 16.2. The highest BCUT2D eigenvalue weighted by Gasteiger charge is 2.21. The third kappa shape index (κ3) is 3.10. The van der Waals surface area contributed by atoms with Gasteiger partial charge >= 0.3 is 0 Å². The van der Waals surface area contributed by atoms with E-state index in [4.69, 9.17) is 0 Å². The number of aromatic nitrogens is 4. The monoisotopic (exact) mass is 336 g/mol. The van der Waals surface area contributed by atoms with E-state index in [1.807, 2.05) is 37.3 Å². The number of fused-ring (bicyclic) bond motifs is 1. The van der Waals surface area contributed by atoms with Crippen molar-refractivity contribution in [3.05, 3.63) is 47.9 Å². The number of hydrogen-bond acceptors (Lipinski definition) is 5. The van der Waals surface area contributed by atoms with Crippen LogP contribution in [0.3, 0.4) is 0 Å². The van der Waals surface area contributed by atoms with Gasteiger partial charge in [0.15, 0.2) is 5.69 Å². The third-order valence-corrected chi connectivity index (χ3v) is 4.57. The average Bonchev–Trinajstić information content (AvgIpc) is 3.04. The summed E-state index contributed by atoms with van der Waals surface area (Å²) in [6.07, 6.45) is 3.83. The van der Waals surface area contributed by atoms with Crippen LogP contribution in [0.2, 0.25) is 0 Å². The molecule has 0 spiro atoms. The molecule has 0 bridgehead atoms. The molecule has 2 aromatic heterocycles. The molecule has 1 aromatic carbocycles. The second-order valence-electron chi connectivity index (χ2n) is 6.33. The molecule has 1 atom stereocenters. The van der Waals surface area contributed by atoms with E-state index < -0.39 is 0 Å². The standard InChI is InChI=1S/C18H20N6O/c1-12-17(18(25)21-14-5-3-8-19-11-14)22-23-24(12)15-6-7-16-13(10-15)4-2-9-20-16/h2,4,6-7,9-10,14,19H,3,5,8,11H2,1H3,(H,21,25)/t14-/m0/s1. The highest BCUT2D eigenvalue weighted by molar-refractivity contribution is 5.93.